The molecule has 60 valence electrons. The van der Waals surface area contributed by atoms with Gasteiger partial charge in [-0.3, -0.25) is 9.78 Å². The summed E-state index contributed by atoms with van der Waals surface area (Å²) < 4.78 is 0. The lowest BCUT2D eigenvalue weighted by Crippen LogP contribution is -1.87. The Morgan fingerprint density at radius 3 is 3.17 bits per heavy atom. The standard InChI is InChI=1S/C8H4INOS/c9-12-4-2-7-5-10-3-1-8(7)6-11/h1,3,5-6H. The molecular weight excluding hydrogens is 285 g/mol. The van der Waals surface area contributed by atoms with Gasteiger partial charge >= 0.3 is 0 Å². The number of halogens is 1. The number of rotatable bonds is 1. The first-order chi connectivity index (χ1) is 5.88. The number of nitrogens with zero attached hydrogens (tertiary/aromatic N) is 1. The van der Waals surface area contributed by atoms with E-state index in [-0.39, 0.29) is 0 Å². The predicted molar refractivity (Wildman–Crippen MR) is 58.1 cm³/mol. The van der Waals surface area contributed by atoms with E-state index in [1.807, 2.05) is 0 Å². The lowest BCUT2D eigenvalue weighted by molar-refractivity contribution is 0.112. The van der Waals surface area contributed by atoms with Gasteiger partial charge in [-0.2, -0.15) is 0 Å². The molecule has 1 heterocycles. The molecule has 0 saturated heterocycles. The third kappa shape index (κ3) is 2.50. The Kier molecular flexibility index (Phi) is 4.11. The van der Waals surface area contributed by atoms with Crippen LogP contribution in [0.5, 0.6) is 0 Å². The second-order valence-electron chi connectivity index (χ2n) is 1.88. The van der Waals surface area contributed by atoms with E-state index in [0.717, 1.165) is 6.29 Å². The average molecular weight is 289 g/mol. The maximum Gasteiger partial charge on any atom is 0.151 e. The Labute approximate surface area is 86.7 Å². The first-order valence-electron chi connectivity index (χ1n) is 3.06. The molecular formula is C8H4INOS. The molecule has 0 aliphatic rings. The molecule has 1 rings (SSSR count). The van der Waals surface area contributed by atoms with Gasteiger partial charge in [0.25, 0.3) is 0 Å². The molecule has 0 aliphatic carbocycles. The minimum Gasteiger partial charge on any atom is -0.298 e. The Bertz CT molecular complexity index is 342. The Balaban J connectivity index is 3.05. The van der Waals surface area contributed by atoms with E-state index < -0.39 is 0 Å². The summed E-state index contributed by atoms with van der Waals surface area (Å²) in [6.45, 7) is 0. The predicted octanol–water partition coefficient (Wildman–Crippen LogP) is 2.29. The molecule has 0 unspecified atom stereocenters. The summed E-state index contributed by atoms with van der Waals surface area (Å²) in [7, 11) is 1.38. The van der Waals surface area contributed by atoms with E-state index >= 15 is 0 Å². The van der Waals surface area contributed by atoms with Crippen molar-refractivity contribution in [2.75, 3.05) is 0 Å². The third-order valence-corrected chi connectivity index (χ3v) is 2.05. The highest BCUT2D eigenvalue weighted by molar-refractivity contribution is 14.2. The molecule has 0 spiro atoms. The zero-order chi connectivity index (χ0) is 8.81. The van der Waals surface area contributed by atoms with Gasteiger partial charge in [-0.1, -0.05) is 5.92 Å². The van der Waals surface area contributed by atoms with E-state index in [2.05, 4.69) is 37.4 Å². The topological polar surface area (TPSA) is 30.0 Å². The molecule has 4 heteroatoms. The van der Waals surface area contributed by atoms with Gasteiger partial charge in [-0.05, 0) is 20.3 Å². The SMILES string of the molecule is O=Cc1ccncc1C#CSI. The molecule has 12 heavy (non-hydrogen) atoms. The molecule has 0 radical (unpaired) electrons. The highest BCUT2D eigenvalue weighted by Gasteiger charge is 1.95. The van der Waals surface area contributed by atoms with Crippen LogP contribution in [0.15, 0.2) is 18.5 Å². The summed E-state index contributed by atoms with van der Waals surface area (Å²) in [5.41, 5.74) is 1.26. The van der Waals surface area contributed by atoms with Crippen LogP contribution in [0, 0.1) is 11.2 Å². The molecule has 0 fully saturated rings. The van der Waals surface area contributed by atoms with Crippen LogP contribution in [0.4, 0.5) is 0 Å². The molecule has 1 aromatic heterocycles. The quantitative estimate of drug-likeness (QED) is 0.451. The fourth-order valence-corrected chi connectivity index (χ4v) is 1.17. The van der Waals surface area contributed by atoms with Gasteiger partial charge in [-0.15, -0.1) is 0 Å². The third-order valence-electron chi connectivity index (χ3n) is 1.21. The van der Waals surface area contributed by atoms with Crippen molar-refractivity contribution in [2.24, 2.45) is 0 Å². The first kappa shape index (κ1) is 9.55. The maximum absolute atomic E-state index is 10.5. The van der Waals surface area contributed by atoms with Crippen LogP contribution in [0.3, 0.4) is 0 Å². The number of carbonyl (C=O) groups excluding carboxylic acids is 1. The van der Waals surface area contributed by atoms with Crippen molar-refractivity contribution in [2.45, 2.75) is 0 Å². The van der Waals surface area contributed by atoms with E-state index in [1.165, 1.54) is 8.93 Å². The van der Waals surface area contributed by atoms with Gasteiger partial charge in [0, 0.05) is 39.2 Å². The van der Waals surface area contributed by atoms with Crippen LogP contribution in [0.25, 0.3) is 0 Å². The summed E-state index contributed by atoms with van der Waals surface area (Å²) in [6, 6.07) is 1.65. The second-order valence-corrected chi connectivity index (χ2v) is 3.56. The molecule has 0 aliphatic heterocycles. The van der Waals surface area contributed by atoms with Crippen molar-refractivity contribution < 1.29 is 4.79 Å². The van der Waals surface area contributed by atoms with Crippen LogP contribution < -0.4 is 0 Å². The van der Waals surface area contributed by atoms with Crippen molar-refractivity contribution in [3.8, 4) is 11.2 Å². The number of hydrogen-bond acceptors (Lipinski definition) is 3. The largest absolute Gasteiger partial charge is 0.298 e. The average Bonchev–Trinajstić information content (AvgIpc) is 2.15. The molecule has 2 nitrogen and oxygen atoms in total. The van der Waals surface area contributed by atoms with E-state index in [4.69, 9.17) is 0 Å². The van der Waals surface area contributed by atoms with Gasteiger partial charge in [0.1, 0.15) is 0 Å². The Morgan fingerprint density at radius 1 is 1.67 bits per heavy atom. The molecule has 1 aromatic rings. The van der Waals surface area contributed by atoms with Crippen LogP contribution >= 0.6 is 30.1 Å². The smallest absolute Gasteiger partial charge is 0.151 e. The van der Waals surface area contributed by atoms with Gasteiger partial charge < -0.3 is 0 Å². The highest BCUT2D eigenvalue weighted by atomic mass is 127. The van der Waals surface area contributed by atoms with E-state index in [9.17, 15) is 4.79 Å². The molecule has 0 N–H and O–H groups in total. The number of aldehydes is 1. The lowest BCUT2D eigenvalue weighted by Gasteiger charge is -1.91. The molecule has 0 amide bonds. The molecule has 0 atom stereocenters. The second kappa shape index (κ2) is 5.17. The summed E-state index contributed by atoms with van der Waals surface area (Å²) in [5, 5.41) is 2.79. The number of hydrogen-bond donors (Lipinski definition) is 0. The van der Waals surface area contributed by atoms with Crippen molar-refractivity contribution in [1.82, 2.24) is 4.98 Å². The van der Waals surface area contributed by atoms with Crippen LogP contribution in [-0.2, 0) is 0 Å². The van der Waals surface area contributed by atoms with Gasteiger partial charge in [0.2, 0.25) is 0 Å². The number of pyridine rings is 1. The van der Waals surface area contributed by atoms with Crippen molar-refractivity contribution in [3.63, 3.8) is 0 Å². The summed E-state index contributed by atoms with van der Waals surface area (Å²) in [6.07, 6.45) is 3.94. The number of aromatic nitrogens is 1. The Morgan fingerprint density at radius 2 is 2.50 bits per heavy atom. The normalized spacial score (nSPS) is 8.42. The summed E-state index contributed by atoms with van der Waals surface area (Å²) in [5.74, 6) is 2.83. The molecule has 0 aromatic carbocycles. The minimum absolute atomic E-state index is 0.586. The molecule has 0 bridgehead atoms. The van der Waals surface area contributed by atoms with Gasteiger partial charge in [0.15, 0.2) is 6.29 Å². The maximum atomic E-state index is 10.5. The van der Waals surface area contributed by atoms with Crippen molar-refractivity contribution >= 4 is 36.4 Å². The van der Waals surface area contributed by atoms with Crippen molar-refractivity contribution in [3.05, 3.63) is 29.6 Å². The van der Waals surface area contributed by atoms with Crippen LogP contribution in [-0.4, -0.2) is 11.3 Å². The fraction of sp³-hybridized carbons (Fsp3) is 0. The summed E-state index contributed by atoms with van der Waals surface area (Å²) in [4.78, 5) is 14.4. The van der Waals surface area contributed by atoms with Gasteiger partial charge in [-0.25, -0.2) is 0 Å². The first-order valence-corrected chi connectivity index (χ1v) is 6.42. The monoisotopic (exact) mass is 289 g/mol. The number of carbonyl (C=O) groups is 1. The van der Waals surface area contributed by atoms with Crippen molar-refractivity contribution in [1.29, 1.82) is 0 Å². The minimum atomic E-state index is 0.586. The zero-order valence-corrected chi connectivity index (χ0v) is 8.93. The highest BCUT2D eigenvalue weighted by Crippen LogP contribution is 2.09. The summed E-state index contributed by atoms with van der Waals surface area (Å²) >= 11 is 2.07. The van der Waals surface area contributed by atoms with E-state index in [1.54, 1.807) is 18.5 Å². The van der Waals surface area contributed by atoms with Crippen LogP contribution in [0.2, 0.25) is 0 Å². The molecule has 0 saturated carbocycles. The van der Waals surface area contributed by atoms with Crippen LogP contribution in [0.1, 0.15) is 15.9 Å². The Hall–Kier alpha value is -0.540. The fourth-order valence-electron chi connectivity index (χ4n) is 0.687. The zero-order valence-electron chi connectivity index (χ0n) is 5.95. The van der Waals surface area contributed by atoms with Gasteiger partial charge in [0.05, 0.1) is 5.56 Å². The lowest BCUT2D eigenvalue weighted by atomic mass is 10.2. The van der Waals surface area contributed by atoms with E-state index in [0.29, 0.717) is 11.1 Å².